The number of hydrogen-bond donors (Lipinski definition) is 0. The van der Waals surface area contributed by atoms with Crippen LogP contribution < -0.4 is 0 Å². The van der Waals surface area contributed by atoms with Crippen molar-refractivity contribution in [2.45, 2.75) is 25.7 Å². The van der Waals surface area contributed by atoms with Gasteiger partial charge in [0.25, 0.3) is 0 Å². The lowest BCUT2D eigenvalue weighted by Crippen LogP contribution is -2.03. The van der Waals surface area contributed by atoms with E-state index in [9.17, 15) is 0 Å². The molecule has 0 N–H and O–H groups in total. The van der Waals surface area contributed by atoms with Crippen molar-refractivity contribution in [1.29, 1.82) is 0 Å². The van der Waals surface area contributed by atoms with Gasteiger partial charge in [-0.25, -0.2) is 0 Å². The molecule has 0 saturated heterocycles. The van der Waals surface area contributed by atoms with Gasteiger partial charge in [-0.3, -0.25) is 4.98 Å². The molecule has 1 aliphatic rings. The molecule has 6 rings (SSSR count). The van der Waals surface area contributed by atoms with Gasteiger partial charge in [0.05, 0.1) is 0 Å². The maximum absolute atomic E-state index is 4.01. The molecule has 0 fully saturated rings. The number of halogens is 1. The quantitative estimate of drug-likeness (QED) is 0.223. The molecule has 0 unspecified atom stereocenters. The van der Waals surface area contributed by atoms with Crippen LogP contribution in [0.15, 0.2) is 89.7 Å². The monoisotopic (exact) mass is 439 g/mol. The van der Waals surface area contributed by atoms with E-state index in [2.05, 4.69) is 75.5 Å². The van der Waals surface area contributed by atoms with Crippen LogP contribution >= 0.6 is 15.9 Å². The molecule has 5 aromatic rings. The molecular formula is C27H22BrN. The normalized spacial score (nSPS) is 13.1. The Hall–Kier alpha value is -2.71. The Balaban J connectivity index is 0.000000153. The van der Waals surface area contributed by atoms with Crippen LogP contribution in [0.4, 0.5) is 0 Å². The summed E-state index contributed by atoms with van der Waals surface area (Å²) in [5, 5.41) is 7.97. The van der Waals surface area contributed by atoms with Gasteiger partial charge in [0, 0.05) is 16.9 Å². The molecule has 142 valence electrons. The van der Waals surface area contributed by atoms with E-state index < -0.39 is 0 Å². The molecule has 0 amide bonds. The van der Waals surface area contributed by atoms with Gasteiger partial charge in [-0.1, -0.05) is 76.6 Å². The molecule has 29 heavy (non-hydrogen) atoms. The molecule has 0 aliphatic heterocycles. The van der Waals surface area contributed by atoms with Crippen molar-refractivity contribution in [3.63, 3.8) is 0 Å². The van der Waals surface area contributed by atoms with E-state index in [1.54, 1.807) is 11.1 Å². The molecule has 0 saturated carbocycles. The summed E-state index contributed by atoms with van der Waals surface area (Å²) >= 11 is 3.80. The van der Waals surface area contributed by atoms with Crippen LogP contribution in [-0.2, 0) is 12.8 Å². The van der Waals surface area contributed by atoms with Gasteiger partial charge in [0.2, 0.25) is 0 Å². The summed E-state index contributed by atoms with van der Waals surface area (Å²) in [7, 11) is 0. The number of hydrogen-bond acceptors (Lipinski definition) is 1. The lowest BCUT2D eigenvalue weighted by molar-refractivity contribution is 0.690. The van der Waals surface area contributed by atoms with Gasteiger partial charge in [-0.2, -0.15) is 0 Å². The number of pyridine rings is 1. The second-order valence-electron chi connectivity index (χ2n) is 7.64. The van der Waals surface area contributed by atoms with Gasteiger partial charge in [-0.05, 0) is 81.3 Å². The summed E-state index contributed by atoms with van der Waals surface area (Å²) < 4.78 is 1.25. The molecule has 2 heteroatoms. The fraction of sp³-hybridized carbons (Fsp3) is 0.148. The minimum atomic E-state index is 1.20. The van der Waals surface area contributed by atoms with Crippen LogP contribution in [0.25, 0.3) is 32.3 Å². The van der Waals surface area contributed by atoms with Crippen LogP contribution in [0.3, 0.4) is 0 Å². The van der Waals surface area contributed by atoms with Crippen LogP contribution in [0.5, 0.6) is 0 Å². The molecule has 0 spiro atoms. The van der Waals surface area contributed by atoms with Gasteiger partial charge in [-0.15, -0.1) is 0 Å². The van der Waals surface area contributed by atoms with Crippen molar-refractivity contribution in [3.05, 3.63) is 101 Å². The van der Waals surface area contributed by atoms with Crippen LogP contribution in [0.1, 0.15) is 24.0 Å². The topological polar surface area (TPSA) is 12.9 Å². The van der Waals surface area contributed by atoms with Gasteiger partial charge >= 0.3 is 0 Å². The average Bonchev–Trinajstić information content (AvgIpc) is 2.79. The second kappa shape index (κ2) is 7.96. The highest BCUT2D eigenvalue weighted by Crippen LogP contribution is 2.37. The third kappa shape index (κ3) is 3.54. The largest absolute Gasteiger partial charge is 0.264 e. The number of aryl methyl sites for hydroxylation is 2. The zero-order chi connectivity index (χ0) is 19.6. The maximum atomic E-state index is 4.01. The van der Waals surface area contributed by atoms with E-state index in [4.69, 9.17) is 0 Å². The average molecular weight is 440 g/mol. The number of aromatic nitrogens is 1. The molecular weight excluding hydrogens is 418 g/mol. The molecule has 0 atom stereocenters. The van der Waals surface area contributed by atoms with Crippen LogP contribution in [0, 0.1) is 0 Å². The Morgan fingerprint density at radius 1 is 0.690 bits per heavy atom. The number of benzene rings is 4. The van der Waals surface area contributed by atoms with Crippen molar-refractivity contribution >= 4 is 48.2 Å². The minimum Gasteiger partial charge on any atom is -0.264 e. The van der Waals surface area contributed by atoms with E-state index in [1.165, 1.54) is 62.5 Å². The summed E-state index contributed by atoms with van der Waals surface area (Å²) in [6.45, 7) is 0. The van der Waals surface area contributed by atoms with E-state index in [0.717, 1.165) is 0 Å². The zero-order valence-corrected chi connectivity index (χ0v) is 17.8. The van der Waals surface area contributed by atoms with Crippen molar-refractivity contribution < 1.29 is 0 Å². The lowest BCUT2D eigenvalue weighted by atomic mass is 9.86. The summed E-state index contributed by atoms with van der Waals surface area (Å²) in [5.74, 6) is 0. The van der Waals surface area contributed by atoms with Crippen LogP contribution in [-0.4, -0.2) is 4.98 Å². The minimum absolute atomic E-state index is 1.20. The van der Waals surface area contributed by atoms with Crippen molar-refractivity contribution in [2.24, 2.45) is 0 Å². The predicted octanol–water partition coefficient (Wildman–Crippen LogP) is 7.87. The summed E-state index contributed by atoms with van der Waals surface area (Å²) in [6, 6.07) is 25.8. The van der Waals surface area contributed by atoms with Gasteiger partial charge in [0.15, 0.2) is 0 Å². The summed E-state index contributed by atoms with van der Waals surface area (Å²) in [4.78, 5) is 4.01. The Kier molecular flexibility index (Phi) is 5.03. The highest BCUT2D eigenvalue weighted by Gasteiger charge is 2.15. The summed E-state index contributed by atoms with van der Waals surface area (Å²) in [6.07, 6.45) is 8.81. The fourth-order valence-corrected chi connectivity index (χ4v) is 5.13. The van der Waals surface area contributed by atoms with E-state index in [-0.39, 0.29) is 0 Å². The third-order valence-corrected chi connectivity index (χ3v) is 6.48. The van der Waals surface area contributed by atoms with E-state index in [0.29, 0.717) is 0 Å². The number of nitrogens with zero attached hydrogens (tertiary/aromatic N) is 1. The van der Waals surface area contributed by atoms with Crippen LogP contribution in [0.2, 0.25) is 0 Å². The molecule has 1 aromatic heterocycles. The zero-order valence-electron chi connectivity index (χ0n) is 16.2. The SMILES string of the molecule is Brc1cc2ccccc2c2ccc3c(c12)CCCC3.c1ccc2cnccc2c1. The molecule has 0 radical (unpaired) electrons. The van der Waals surface area contributed by atoms with Crippen molar-refractivity contribution in [3.8, 4) is 0 Å². The summed E-state index contributed by atoms with van der Waals surface area (Å²) in [5.41, 5.74) is 3.12. The maximum Gasteiger partial charge on any atom is 0.0346 e. The fourth-order valence-electron chi connectivity index (χ4n) is 4.43. The Bertz CT molecular complexity index is 1260. The number of fused-ring (bicyclic) bond motifs is 6. The lowest BCUT2D eigenvalue weighted by Gasteiger charge is -2.19. The highest BCUT2D eigenvalue weighted by atomic mass is 79.9. The Morgan fingerprint density at radius 3 is 2.31 bits per heavy atom. The Morgan fingerprint density at radius 2 is 1.45 bits per heavy atom. The smallest absolute Gasteiger partial charge is 0.0346 e. The van der Waals surface area contributed by atoms with Crippen molar-refractivity contribution in [2.75, 3.05) is 0 Å². The molecule has 1 aliphatic carbocycles. The first-order valence-corrected chi connectivity index (χ1v) is 11.0. The first kappa shape index (κ1) is 18.3. The van der Waals surface area contributed by atoms with Gasteiger partial charge < -0.3 is 0 Å². The molecule has 4 aromatic carbocycles. The Labute approximate surface area is 179 Å². The van der Waals surface area contributed by atoms with Gasteiger partial charge in [0.1, 0.15) is 0 Å². The molecule has 1 heterocycles. The third-order valence-electron chi connectivity index (χ3n) is 5.85. The first-order chi connectivity index (χ1) is 14.3. The van der Waals surface area contributed by atoms with Crippen molar-refractivity contribution in [1.82, 2.24) is 4.98 Å². The van der Waals surface area contributed by atoms with E-state index in [1.807, 2.05) is 30.6 Å². The standard InChI is InChI=1S/C18H15Br.C9H7N/c19-17-11-13-6-2-3-7-14(13)16-10-9-12-5-1-4-8-15(12)18(16)17;1-2-4-9-7-10-6-5-8(9)3-1/h2-3,6-7,9-11H,1,4-5,8H2;1-7H. The first-order valence-electron chi connectivity index (χ1n) is 10.2. The molecule has 1 nitrogen and oxygen atoms in total. The number of rotatable bonds is 0. The molecule has 0 bridgehead atoms. The predicted molar refractivity (Wildman–Crippen MR) is 128 cm³/mol. The highest BCUT2D eigenvalue weighted by molar-refractivity contribution is 9.10. The van der Waals surface area contributed by atoms with E-state index >= 15 is 0 Å². The second-order valence-corrected chi connectivity index (χ2v) is 8.49.